The van der Waals surface area contributed by atoms with E-state index in [-0.39, 0.29) is 18.4 Å². The first-order valence-electron chi connectivity index (χ1n) is 10.3. The number of ether oxygens (including phenoxy) is 1. The number of hydrogen-bond donors (Lipinski definition) is 1. The molecule has 1 heterocycles. The molecule has 0 unspecified atom stereocenters. The Morgan fingerprint density at radius 2 is 1.76 bits per heavy atom. The Hall–Kier alpha value is -3.35. The summed E-state index contributed by atoms with van der Waals surface area (Å²) in [5.74, 6) is 0.0330. The second-order valence-electron chi connectivity index (χ2n) is 7.01. The number of nitrogens with one attached hydrogen (secondary N) is 1. The normalized spacial score (nSPS) is 10.8. The first-order valence-corrected chi connectivity index (χ1v) is 11.1. The van der Waals surface area contributed by atoms with E-state index >= 15 is 0 Å². The van der Waals surface area contributed by atoms with Crippen LogP contribution in [0.2, 0.25) is 10.0 Å². The fourth-order valence-corrected chi connectivity index (χ4v) is 3.40. The van der Waals surface area contributed by atoms with Gasteiger partial charge in [0.15, 0.2) is 0 Å². The van der Waals surface area contributed by atoms with E-state index in [2.05, 4.69) is 10.3 Å². The third-order valence-electron chi connectivity index (χ3n) is 4.67. The van der Waals surface area contributed by atoms with Crippen LogP contribution in [0.15, 0.2) is 72.9 Å². The van der Waals surface area contributed by atoms with Crippen molar-refractivity contribution in [3.8, 4) is 5.75 Å². The molecule has 3 aromatic rings. The summed E-state index contributed by atoms with van der Waals surface area (Å²) < 4.78 is 5.71. The van der Waals surface area contributed by atoms with Gasteiger partial charge in [-0.3, -0.25) is 14.6 Å². The van der Waals surface area contributed by atoms with Gasteiger partial charge in [-0.25, -0.2) is 0 Å². The van der Waals surface area contributed by atoms with Gasteiger partial charge in [0, 0.05) is 18.8 Å². The van der Waals surface area contributed by atoms with Crippen molar-refractivity contribution in [1.82, 2.24) is 9.88 Å². The standard InChI is InChI=1S/C25H23Cl2N3O3/c1-2-30(16-23(31)29-25-21(26)7-5-8-22(25)27)24(32)14-11-18-9-12-20(13-10-18)33-17-19-6-3-4-15-28-19/h3-15H,2,16-17H2,1H3,(H,29,31)/b14-11+. The highest BCUT2D eigenvalue weighted by molar-refractivity contribution is 6.39. The maximum absolute atomic E-state index is 12.6. The maximum Gasteiger partial charge on any atom is 0.247 e. The third kappa shape index (κ3) is 7.34. The molecule has 6 nitrogen and oxygen atoms in total. The lowest BCUT2D eigenvalue weighted by atomic mass is 10.2. The minimum Gasteiger partial charge on any atom is -0.487 e. The molecule has 0 aliphatic carbocycles. The SMILES string of the molecule is CCN(CC(=O)Nc1c(Cl)cccc1Cl)C(=O)/C=C/c1ccc(OCc2ccccn2)cc1. The van der Waals surface area contributed by atoms with Gasteiger partial charge in [0.05, 0.1) is 21.4 Å². The van der Waals surface area contributed by atoms with E-state index in [0.717, 1.165) is 11.3 Å². The number of pyridine rings is 1. The quantitative estimate of drug-likeness (QED) is 0.409. The zero-order valence-electron chi connectivity index (χ0n) is 18.0. The van der Waals surface area contributed by atoms with Crippen molar-refractivity contribution >= 4 is 46.8 Å². The van der Waals surface area contributed by atoms with E-state index in [0.29, 0.717) is 34.6 Å². The predicted octanol–water partition coefficient (Wildman–Crippen LogP) is 5.47. The lowest BCUT2D eigenvalue weighted by molar-refractivity contribution is -0.130. The molecule has 0 fully saturated rings. The minimum absolute atomic E-state index is 0.123. The van der Waals surface area contributed by atoms with Crippen LogP contribution in [0.5, 0.6) is 5.75 Å². The van der Waals surface area contributed by atoms with Gasteiger partial charge in [-0.2, -0.15) is 0 Å². The van der Waals surface area contributed by atoms with Crippen molar-refractivity contribution in [1.29, 1.82) is 0 Å². The van der Waals surface area contributed by atoms with Gasteiger partial charge >= 0.3 is 0 Å². The molecule has 2 amide bonds. The summed E-state index contributed by atoms with van der Waals surface area (Å²) in [7, 11) is 0. The van der Waals surface area contributed by atoms with Crippen molar-refractivity contribution in [2.75, 3.05) is 18.4 Å². The van der Waals surface area contributed by atoms with Crippen LogP contribution in [-0.4, -0.2) is 34.8 Å². The van der Waals surface area contributed by atoms with Crippen molar-refractivity contribution in [3.63, 3.8) is 0 Å². The summed E-state index contributed by atoms with van der Waals surface area (Å²) in [6, 6.07) is 17.9. The number of aromatic nitrogens is 1. The number of nitrogens with zero attached hydrogens (tertiary/aromatic N) is 2. The highest BCUT2D eigenvalue weighted by Gasteiger charge is 2.15. The summed E-state index contributed by atoms with van der Waals surface area (Å²) >= 11 is 12.2. The predicted molar refractivity (Wildman–Crippen MR) is 131 cm³/mol. The van der Waals surface area contributed by atoms with E-state index < -0.39 is 0 Å². The topological polar surface area (TPSA) is 71.5 Å². The van der Waals surface area contributed by atoms with Crippen molar-refractivity contribution in [2.24, 2.45) is 0 Å². The molecule has 2 aromatic carbocycles. The number of hydrogen-bond acceptors (Lipinski definition) is 4. The molecule has 0 radical (unpaired) electrons. The van der Waals surface area contributed by atoms with Crippen molar-refractivity contribution in [3.05, 3.63) is 94.2 Å². The number of carbonyl (C=O) groups is 2. The molecule has 0 aliphatic heterocycles. The molecule has 0 saturated carbocycles. The molecule has 1 N–H and O–H groups in total. The van der Waals surface area contributed by atoms with Crippen LogP contribution < -0.4 is 10.1 Å². The third-order valence-corrected chi connectivity index (χ3v) is 5.30. The van der Waals surface area contributed by atoms with Gasteiger partial charge < -0.3 is 15.0 Å². The lowest BCUT2D eigenvalue weighted by Gasteiger charge is -2.19. The van der Waals surface area contributed by atoms with Crippen LogP contribution in [-0.2, 0) is 16.2 Å². The number of anilines is 1. The molecule has 0 aliphatic rings. The van der Waals surface area contributed by atoms with Crippen LogP contribution in [0, 0.1) is 0 Å². The molecule has 0 saturated heterocycles. The van der Waals surface area contributed by atoms with E-state index in [4.69, 9.17) is 27.9 Å². The van der Waals surface area contributed by atoms with E-state index in [9.17, 15) is 9.59 Å². The van der Waals surface area contributed by atoms with Crippen molar-refractivity contribution < 1.29 is 14.3 Å². The van der Waals surface area contributed by atoms with Crippen molar-refractivity contribution in [2.45, 2.75) is 13.5 Å². The number of amides is 2. The van der Waals surface area contributed by atoms with Crippen LogP contribution >= 0.6 is 23.2 Å². The first-order chi connectivity index (χ1) is 16.0. The number of rotatable bonds is 9. The second kappa shape index (κ2) is 12.0. The summed E-state index contributed by atoms with van der Waals surface area (Å²) in [5.41, 5.74) is 2.00. The van der Waals surface area contributed by atoms with Crippen LogP contribution in [0.1, 0.15) is 18.2 Å². The maximum atomic E-state index is 12.6. The van der Waals surface area contributed by atoms with E-state index in [1.807, 2.05) is 42.5 Å². The summed E-state index contributed by atoms with van der Waals surface area (Å²) in [4.78, 5) is 30.6. The molecule has 1 aromatic heterocycles. The Morgan fingerprint density at radius 1 is 1.03 bits per heavy atom. The van der Waals surface area contributed by atoms with Gasteiger partial charge in [-0.05, 0) is 55.0 Å². The Balaban J connectivity index is 1.53. The number of benzene rings is 2. The molecular formula is C25H23Cl2N3O3. The molecule has 0 atom stereocenters. The van der Waals surface area contributed by atoms with E-state index in [1.54, 1.807) is 37.4 Å². The van der Waals surface area contributed by atoms with Gasteiger partial charge in [-0.1, -0.05) is 47.5 Å². The molecule has 170 valence electrons. The molecule has 8 heteroatoms. The Labute approximate surface area is 202 Å². The zero-order valence-corrected chi connectivity index (χ0v) is 19.5. The largest absolute Gasteiger partial charge is 0.487 e. The van der Waals surface area contributed by atoms with Crippen LogP contribution in [0.25, 0.3) is 6.08 Å². The molecule has 3 rings (SSSR count). The van der Waals surface area contributed by atoms with Crippen LogP contribution in [0.3, 0.4) is 0 Å². The Bertz CT molecular complexity index is 1100. The van der Waals surface area contributed by atoms with Gasteiger partial charge in [0.1, 0.15) is 18.9 Å². The summed E-state index contributed by atoms with van der Waals surface area (Å²) in [6.45, 7) is 2.42. The second-order valence-corrected chi connectivity index (χ2v) is 7.82. The fraction of sp³-hybridized carbons (Fsp3) is 0.160. The smallest absolute Gasteiger partial charge is 0.247 e. The number of para-hydroxylation sites is 1. The minimum atomic E-state index is -0.386. The average molecular weight is 484 g/mol. The highest BCUT2D eigenvalue weighted by Crippen LogP contribution is 2.29. The number of likely N-dealkylation sites (N-methyl/N-ethyl adjacent to an activating group) is 1. The summed E-state index contributed by atoms with van der Waals surface area (Å²) in [6.07, 6.45) is 4.85. The Morgan fingerprint density at radius 3 is 2.39 bits per heavy atom. The molecule has 0 spiro atoms. The fourth-order valence-electron chi connectivity index (χ4n) is 2.90. The first kappa shape index (κ1) is 24.3. The van der Waals surface area contributed by atoms with Gasteiger partial charge in [-0.15, -0.1) is 0 Å². The van der Waals surface area contributed by atoms with E-state index in [1.165, 1.54) is 11.0 Å². The van der Waals surface area contributed by atoms with Crippen LogP contribution in [0.4, 0.5) is 5.69 Å². The summed E-state index contributed by atoms with van der Waals surface area (Å²) in [5, 5.41) is 3.32. The lowest BCUT2D eigenvalue weighted by Crippen LogP contribution is -2.37. The number of halogens is 2. The monoisotopic (exact) mass is 483 g/mol. The molecule has 33 heavy (non-hydrogen) atoms. The Kier molecular flexibility index (Phi) is 8.87. The zero-order chi connectivity index (χ0) is 23.6. The highest BCUT2D eigenvalue weighted by atomic mass is 35.5. The van der Waals surface area contributed by atoms with Gasteiger partial charge in [0.2, 0.25) is 11.8 Å². The number of carbonyl (C=O) groups excluding carboxylic acids is 2. The molecular weight excluding hydrogens is 461 g/mol. The average Bonchev–Trinajstić information content (AvgIpc) is 2.83. The van der Waals surface area contributed by atoms with Gasteiger partial charge in [0.25, 0.3) is 0 Å². The molecule has 0 bridgehead atoms.